The predicted octanol–water partition coefficient (Wildman–Crippen LogP) is 3.00. The number of ether oxygens (including phenoxy) is 1. The molecule has 1 aliphatic heterocycles. The predicted molar refractivity (Wildman–Crippen MR) is 77.8 cm³/mol. The van der Waals surface area contributed by atoms with Gasteiger partial charge in [0.1, 0.15) is 6.23 Å². The molecule has 0 aromatic heterocycles. The highest BCUT2D eigenvalue weighted by molar-refractivity contribution is 7.79. The van der Waals surface area contributed by atoms with Crippen molar-refractivity contribution in [1.29, 1.82) is 0 Å². The molecule has 92 valence electrons. The van der Waals surface area contributed by atoms with E-state index in [9.17, 15) is 0 Å². The summed E-state index contributed by atoms with van der Waals surface area (Å²) in [6.45, 7) is 2.61. The lowest BCUT2D eigenvalue weighted by Crippen LogP contribution is -2.30. The molecular weight excluding hydrogens is 242 g/mol. The van der Waals surface area contributed by atoms with Crippen LogP contribution in [-0.4, -0.2) is 29.6 Å². The van der Waals surface area contributed by atoms with E-state index in [-0.39, 0.29) is 6.23 Å². The Bertz CT molecular complexity index is 569. The van der Waals surface area contributed by atoms with E-state index in [0.29, 0.717) is 0 Å². The molecule has 1 unspecified atom stereocenters. The Labute approximate surface area is 112 Å². The first-order valence-electron chi connectivity index (χ1n) is 6.15. The maximum absolute atomic E-state index is 5.54. The van der Waals surface area contributed by atoms with Gasteiger partial charge in [0.15, 0.2) is 0 Å². The number of fused-ring (bicyclic) bond motifs is 1. The van der Waals surface area contributed by atoms with Gasteiger partial charge in [0.25, 0.3) is 0 Å². The van der Waals surface area contributed by atoms with Crippen LogP contribution in [0.2, 0.25) is 0 Å². The van der Waals surface area contributed by atoms with E-state index in [1.807, 2.05) is 0 Å². The molecule has 0 N–H and O–H groups in total. The van der Waals surface area contributed by atoms with Crippen molar-refractivity contribution in [2.24, 2.45) is 0 Å². The molecular formula is C15H15NOS. The fraction of sp³-hybridized carbons (Fsp3) is 0.267. The highest BCUT2D eigenvalue weighted by Crippen LogP contribution is 2.19. The van der Waals surface area contributed by atoms with E-state index >= 15 is 0 Å². The van der Waals surface area contributed by atoms with Crippen molar-refractivity contribution in [2.75, 3.05) is 13.2 Å². The summed E-state index contributed by atoms with van der Waals surface area (Å²) in [5, 5.41) is 4.27. The molecule has 1 heterocycles. The van der Waals surface area contributed by atoms with Crippen LogP contribution in [0.5, 0.6) is 0 Å². The zero-order valence-electron chi connectivity index (χ0n) is 10.1. The van der Waals surface area contributed by atoms with Crippen LogP contribution in [0, 0.1) is 0 Å². The summed E-state index contributed by atoms with van der Waals surface area (Å²) >= 11 is 4.99. The topological polar surface area (TPSA) is 12.5 Å². The highest BCUT2D eigenvalue weighted by Gasteiger charge is 2.22. The van der Waals surface area contributed by atoms with E-state index in [1.54, 1.807) is 5.37 Å². The van der Waals surface area contributed by atoms with Crippen LogP contribution in [0.25, 0.3) is 10.8 Å². The molecule has 3 rings (SSSR count). The van der Waals surface area contributed by atoms with Crippen molar-refractivity contribution < 1.29 is 4.74 Å². The van der Waals surface area contributed by atoms with Gasteiger partial charge in [-0.15, -0.1) is 0 Å². The van der Waals surface area contributed by atoms with E-state index in [0.717, 1.165) is 19.7 Å². The number of hydrogen-bond donors (Lipinski definition) is 0. The average molecular weight is 257 g/mol. The van der Waals surface area contributed by atoms with Gasteiger partial charge < -0.3 is 4.74 Å². The van der Waals surface area contributed by atoms with Crippen molar-refractivity contribution in [3.63, 3.8) is 0 Å². The van der Waals surface area contributed by atoms with E-state index in [2.05, 4.69) is 47.4 Å². The summed E-state index contributed by atoms with van der Waals surface area (Å²) in [5.74, 6) is 0. The van der Waals surface area contributed by atoms with Crippen LogP contribution >= 0.6 is 12.2 Å². The van der Waals surface area contributed by atoms with Crippen LogP contribution in [0.1, 0.15) is 5.56 Å². The Hall–Kier alpha value is -1.29. The minimum absolute atomic E-state index is 0.00790. The molecule has 0 radical (unpaired) electrons. The van der Waals surface area contributed by atoms with E-state index in [1.165, 1.54) is 16.3 Å². The second-order valence-electron chi connectivity index (χ2n) is 4.55. The maximum Gasteiger partial charge on any atom is 0.140 e. The minimum atomic E-state index is -0.00790. The third-order valence-corrected chi connectivity index (χ3v) is 3.58. The normalized spacial score (nSPS) is 20.3. The minimum Gasteiger partial charge on any atom is -0.357 e. The molecule has 2 nitrogen and oxygen atoms in total. The molecule has 0 aliphatic carbocycles. The van der Waals surface area contributed by atoms with Gasteiger partial charge in [-0.3, -0.25) is 4.90 Å². The Balaban J connectivity index is 1.84. The van der Waals surface area contributed by atoms with Gasteiger partial charge in [-0.1, -0.05) is 48.6 Å². The van der Waals surface area contributed by atoms with E-state index < -0.39 is 0 Å². The zero-order chi connectivity index (χ0) is 12.4. The maximum atomic E-state index is 5.54. The summed E-state index contributed by atoms with van der Waals surface area (Å²) in [5.41, 5.74) is 1.31. The molecule has 1 saturated heterocycles. The second kappa shape index (κ2) is 5.14. The summed E-state index contributed by atoms with van der Waals surface area (Å²) < 4.78 is 5.54. The first-order chi connectivity index (χ1) is 8.86. The van der Waals surface area contributed by atoms with Crippen LogP contribution in [0.15, 0.2) is 42.5 Å². The molecule has 2 aromatic carbocycles. The van der Waals surface area contributed by atoms with Crippen molar-refractivity contribution in [3.8, 4) is 0 Å². The Morgan fingerprint density at radius 2 is 2.06 bits per heavy atom. The van der Waals surface area contributed by atoms with Gasteiger partial charge in [-0.2, -0.15) is 0 Å². The summed E-state index contributed by atoms with van der Waals surface area (Å²) in [6, 6.07) is 15.0. The Kier molecular flexibility index (Phi) is 3.37. The van der Waals surface area contributed by atoms with Crippen molar-refractivity contribution in [3.05, 3.63) is 48.0 Å². The van der Waals surface area contributed by atoms with Crippen LogP contribution in [0.3, 0.4) is 0 Å². The fourth-order valence-corrected chi connectivity index (χ4v) is 2.64. The van der Waals surface area contributed by atoms with Gasteiger partial charge in [0.2, 0.25) is 0 Å². The number of thiocarbonyl (C=S) groups is 1. The molecule has 1 fully saturated rings. The molecule has 2 aromatic rings. The van der Waals surface area contributed by atoms with Crippen molar-refractivity contribution in [1.82, 2.24) is 4.90 Å². The van der Waals surface area contributed by atoms with E-state index in [4.69, 9.17) is 17.0 Å². The van der Waals surface area contributed by atoms with Gasteiger partial charge >= 0.3 is 0 Å². The molecule has 0 bridgehead atoms. The van der Waals surface area contributed by atoms with Crippen LogP contribution < -0.4 is 0 Å². The Morgan fingerprint density at radius 3 is 2.89 bits per heavy atom. The lowest BCUT2D eigenvalue weighted by Gasteiger charge is -2.19. The van der Waals surface area contributed by atoms with Crippen LogP contribution in [-0.2, 0) is 11.3 Å². The lowest BCUT2D eigenvalue weighted by atomic mass is 10.1. The molecule has 1 aliphatic rings. The highest BCUT2D eigenvalue weighted by atomic mass is 32.1. The third kappa shape index (κ3) is 2.29. The molecule has 0 amide bonds. The first kappa shape index (κ1) is 11.8. The second-order valence-corrected chi connectivity index (χ2v) is 4.82. The lowest BCUT2D eigenvalue weighted by molar-refractivity contribution is 0.0913. The number of nitrogens with zero attached hydrogens (tertiary/aromatic N) is 1. The van der Waals surface area contributed by atoms with Gasteiger partial charge in [0, 0.05) is 18.5 Å². The average Bonchev–Trinajstić information content (AvgIpc) is 2.86. The largest absolute Gasteiger partial charge is 0.357 e. The summed E-state index contributed by atoms with van der Waals surface area (Å²) in [4.78, 5) is 2.26. The smallest absolute Gasteiger partial charge is 0.140 e. The fourth-order valence-electron chi connectivity index (χ4n) is 2.39. The first-order valence-corrected chi connectivity index (χ1v) is 6.62. The summed E-state index contributed by atoms with van der Waals surface area (Å²) in [7, 11) is 0. The molecule has 0 spiro atoms. The molecule has 1 atom stereocenters. The SMILES string of the molecule is S=CC1OCCN1Cc1ccc2ccccc2c1. The van der Waals surface area contributed by atoms with Crippen molar-refractivity contribution in [2.45, 2.75) is 12.8 Å². The molecule has 3 heteroatoms. The third-order valence-electron chi connectivity index (χ3n) is 3.34. The Morgan fingerprint density at radius 1 is 1.22 bits per heavy atom. The standard InChI is InChI=1S/C15H15NOS/c18-11-15-16(7-8-17-15)10-12-5-6-13-3-1-2-4-14(13)9-12/h1-6,9,11,15H,7-8,10H2. The van der Waals surface area contributed by atoms with Crippen molar-refractivity contribution >= 4 is 28.4 Å². The molecule has 18 heavy (non-hydrogen) atoms. The monoisotopic (exact) mass is 257 g/mol. The quantitative estimate of drug-likeness (QED) is 0.784. The number of hydrogen-bond acceptors (Lipinski definition) is 3. The zero-order valence-corrected chi connectivity index (χ0v) is 10.9. The van der Waals surface area contributed by atoms with Gasteiger partial charge in [-0.25, -0.2) is 0 Å². The number of rotatable bonds is 3. The van der Waals surface area contributed by atoms with Crippen LogP contribution in [0.4, 0.5) is 0 Å². The number of benzene rings is 2. The molecule has 0 saturated carbocycles. The van der Waals surface area contributed by atoms with Gasteiger partial charge in [-0.05, 0) is 22.4 Å². The summed E-state index contributed by atoms with van der Waals surface area (Å²) in [6.07, 6.45) is -0.00790. The van der Waals surface area contributed by atoms with Gasteiger partial charge in [0.05, 0.1) is 6.61 Å².